The zero-order valence-electron chi connectivity index (χ0n) is 29.9. The second kappa shape index (κ2) is 23.4. The number of H-pyrrole nitrogens is 8. The summed E-state index contributed by atoms with van der Waals surface area (Å²) in [6.45, 7) is 3.30. The Morgan fingerprint density at radius 3 is 2.05 bits per heavy atom. The quantitative estimate of drug-likeness (QED) is 0.0768. The van der Waals surface area contributed by atoms with Crippen molar-refractivity contribution in [2.75, 3.05) is 11.5 Å². The molecule has 8 rings (SSSR count). The Morgan fingerprint density at radius 2 is 1.42 bits per heavy atom. The van der Waals surface area contributed by atoms with Crippen molar-refractivity contribution in [1.29, 1.82) is 0 Å². The molecule has 57 heavy (non-hydrogen) atoms. The van der Waals surface area contributed by atoms with E-state index < -0.39 is 16.9 Å². The number of allylic oxidation sites excluding steroid dienone is 4. The van der Waals surface area contributed by atoms with E-state index in [1.807, 2.05) is 36.7 Å². The van der Waals surface area contributed by atoms with Crippen molar-refractivity contribution >= 4 is 58.5 Å². The smallest absolute Gasteiger partial charge is 0.346 e. The van der Waals surface area contributed by atoms with Crippen LogP contribution in [-0.2, 0) is 0 Å². The fraction of sp³-hybridized carbons (Fsp3) is 0.0588. The summed E-state index contributed by atoms with van der Waals surface area (Å²) in [6, 6.07) is 1.61. The Labute approximate surface area is 330 Å². The molecule has 0 fully saturated rings. The van der Waals surface area contributed by atoms with Gasteiger partial charge in [0.15, 0.2) is 15.9 Å². The highest BCUT2D eigenvalue weighted by atomic mass is 32.1. The van der Waals surface area contributed by atoms with Gasteiger partial charge in [-0.1, -0.05) is 48.4 Å². The molecule has 1 aliphatic rings. The van der Waals surface area contributed by atoms with Crippen LogP contribution in [0.2, 0.25) is 0 Å². The van der Waals surface area contributed by atoms with Gasteiger partial charge in [0.25, 0.3) is 5.56 Å². The topological polar surface area (TPSA) is 336 Å². The van der Waals surface area contributed by atoms with E-state index in [2.05, 4.69) is 111 Å². The SMILES string of the molecule is C1=CC=CNC=C1.CC#Cc1c[nH]c(=O)[nH]c1=O.CC#Cc1cnc(=O)[nH]c1N.Nc1nc(=S)c2[nH]cnc2[nH]1.O=c1[nH]ccc(=S)[nH]1.c1ncc2[nH]cnc2n1. The first-order valence-corrected chi connectivity index (χ1v) is 16.6. The molecule has 0 radical (unpaired) electrons. The first-order chi connectivity index (χ1) is 27.5. The van der Waals surface area contributed by atoms with E-state index in [9.17, 15) is 19.2 Å². The third-order valence-corrected chi connectivity index (χ3v) is 6.54. The molecule has 290 valence electrons. The number of hydrogen-bond donors (Lipinski definition) is 11. The van der Waals surface area contributed by atoms with E-state index in [4.69, 9.17) is 23.7 Å². The van der Waals surface area contributed by atoms with E-state index in [0.29, 0.717) is 31.7 Å². The minimum atomic E-state index is -0.517. The molecular weight excluding hydrogens is 775 g/mol. The van der Waals surface area contributed by atoms with Gasteiger partial charge in [-0.3, -0.25) is 19.7 Å². The van der Waals surface area contributed by atoms with Gasteiger partial charge in [0.1, 0.15) is 33.4 Å². The van der Waals surface area contributed by atoms with Crippen molar-refractivity contribution in [2.24, 2.45) is 0 Å². The highest BCUT2D eigenvalue weighted by molar-refractivity contribution is 7.71. The van der Waals surface area contributed by atoms with E-state index in [1.54, 1.807) is 32.4 Å². The summed E-state index contributed by atoms with van der Waals surface area (Å²) in [4.78, 5) is 85.0. The molecular formula is C34H33N17O4S2. The molecule has 7 aromatic heterocycles. The van der Waals surface area contributed by atoms with E-state index in [0.717, 1.165) is 5.52 Å². The maximum atomic E-state index is 10.9. The van der Waals surface area contributed by atoms with Gasteiger partial charge in [-0.25, -0.2) is 44.3 Å². The predicted octanol–water partition coefficient (Wildman–Crippen LogP) is 1.71. The molecule has 13 N–H and O–H groups in total. The number of nitrogens with zero attached hydrogens (tertiary/aromatic N) is 6. The average Bonchev–Trinajstić information content (AvgIpc) is 3.77. The second-order valence-electron chi connectivity index (χ2n) is 10.0. The van der Waals surface area contributed by atoms with Gasteiger partial charge in [-0.15, -0.1) is 11.8 Å². The summed E-state index contributed by atoms with van der Waals surface area (Å²) in [5.74, 6) is 11.0. The van der Waals surface area contributed by atoms with Crippen LogP contribution in [0.25, 0.3) is 22.3 Å². The molecule has 0 amide bonds. The Hall–Kier alpha value is -8.28. The summed E-state index contributed by atoms with van der Waals surface area (Å²) < 4.78 is 0.891. The molecule has 0 saturated carbocycles. The number of rotatable bonds is 0. The van der Waals surface area contributed by atoms with E-state index in [1.165, 1.54) is 31.2 Å². The van der Waals surface area contributed by atoms with E-state index in [-0.39, 0.29) is 23.0 Å². The van der Waals surface area contributed by atoms with Crippen LogP contribution in [0.1, 0.15) is 25.0 Å². The number of nitrogens with one attached hydrogen (secondary N) is 9. The summed E-state index contributed by atoms with van der Waals surface area (Å²) in [6.07, 6.45) is 22.0. The third-order valence-electron chi connectivity index (χ3n) is 6.01. The standard InChI is InChI=1S/C7H7N3O.C7H6N2O2.C6H7N.C5H5N5S.C5H4N4.C4H4N2OS/c1-2-3-5-4-9-7(11)10-6(5)8;1-2-3-5-4-8-7(11)9-6(5)10;1-2-4-6-7-5-3-1;6-5-9-3-2(4(11)10-5)7-1-8-3;1-4-5(8-2-6-1)9-3-7-4;7-4-5-2-1-3(8)6-4/h4H,1H3,(H3,8,9,10,11);4H,1H3,(H2,8,9,10,11);1-7H;1H,(H4,6,7,8,9,10,11);1-3H,(H,6,7,8,9);1-2H,(H2,5,6,7,8). The number of hydrogen-bond acceptors (Lipinski definition) is 15. The molecule has 1 aliphatic heterocycles. The van der Waals surface area contributed by atoms with Crippen molar-refractivity contribution in [3.8, 4) is 23.7 Å². The number of nitrogens with two attached hydrogens (primary N) is 2. The van der Waals surface area contributed by atoms with Crippen LogP contribution in [0.4, 0.5) is 11.8 Å². The highest BCUT2D eigenvalue weighted by Crippen LogP contribution is 2.07. The van der Waals surface area contributed by atoms with Gasteiger partial charge in [0.05, 0.1) is 30.6 Å². The largest absolute Gasteiger partial charge is 0.384 e. The van der Waals surface area contributed by atoms with Crippen molar-refractivity contribution in [1.82, 2.24) is 75.1 Å². The van der Waals surface area contributed by atoms with Crippen molar-refractivity contribution in [3.05, 3.63) is 149 Å². The molecule has 0 unspecified atom stereocenters. The minimum absolute atomic E-state index is 0.263. The van der Waals surface area contributed by atoms with Crippen LogP contribution in [0.15, 0.2) is 106 Å². The second-order valence-corrected chi connectivity index (χ2v) is 10.9. The first kappa shape index (κ1) is 43.1. The molecule has 0 saturated heterocycles. The minimum Gasteiger partial charge on any atom is -0.384 e. The Morgan fingerprint density at radius 1 is 0.719 bits per heavy atom. The first-order valence-electron chi connectivity index (χ1n) is 15.8. The number of fused-ring (bicyclic) bond motifs is 2. The van der Waals surface area contributed by atoms with E-state index >= 15 is 0 Å². The lowest BCUT2D eigenvalue weighted by molar-refractivity contribution is 1.03. The molecule has 0 spiro atoms. The molecule has 21 nitrogen and oxygen atoms in total. The van der Waals surface area contributed by atoms with Gasteiger partial charge in [0, 0.05) is 24.8 Å². The van der Waals surface area contributed by atoms with Gasteiger partial charge < -0.3 is 41.7 Å². The monoisotopic (exact) mass is 807 g/mol. The molecule has 0 bridgehead atoms. The van der Waals surface area contributed by atoms with Crippen molar-refractivity contribution in [2.45, 2.75) is 13.8 Å². The third kappa shape index (κ3) is 15.7. The van der Waals surface area contributed by atoms with Crippen LogP contribution < -0.4 is 39.4 Å². The molecule has 7 aromatic rings. The Bertz CT molecular complexity index is 2890. The number of aromatic nitrogens is 14. The normalized spacial score (nSPS) is 10.1. The lowest BCUT2D eigenvalue weighted by atomic mass is 10.3. The number of anilines is 2. The zero-order valence-corrected chi connectivity index (χ0v) is 31.5. The van der Waals surface area contributed by atoms with Crippen LogP contribution in [-0.4, -0.2) is 69.8 Å². The van der Waals surface area contributed by atoms with Gasteiger partial charge in [-0.2, -0.15) is 0 Å². The van der Waals surface area contributed by atoms with Gasteiger partial charge in [0.2, 0.25) is 5.95 Å². The van der Waals surface area contributed by atoms with Crippen molar-refractivity contribution < 1.29 is 0 Å². The summed E-state index contributed by atoms with van der Waals surface area (Å²) in [5.41, 5.74) is 12.9. The number of aromatic amines is 8. The van der Waals surface area contributed by atoms with Crippen LogP contribution in [0.3, 0.4) is 0 Å². The Kier molecular flexibility index (Phi) is 17.7. The summed E-state index contributed by atoms with van der Waals surface area (Å²) in [7, 11) is 0. The van der Waals surface area contributed by atoms with Crippen molar-refractivity contribution in [3.63, 3.8) is 0 Å². The molecule has 8 heterocycles. The van der Waals surface area contributed by atoms with Crippen LogP contribution >= 0.6 is 24.4 Å². The van der Waals surface area contributed by atoms with Gasteiger partial charge in [-0.05, 0) is 32.1 Å². The highest BCUT2D eigenvalue weighted by Gasteiger charge is 1.99. The number of imidazole rings is 2. The average molecular weight is 808 g/mol. The number of nitrogen functional groups attached to an aromatic ring is 2. The Balaban J connectivity index is 0.000000184. The maximum Gasteiger partial charge on any atom is 0.346 e. The molecule has 23 heteroatoms. The zero-order chi connectivity index (χ0) is 41.4. The van der Waals surface area contributed by atoms with Gasteiger partial charge >= 0.3 is 17.1 Å². The molecule has 0 atom stereocenters. The fourth-order valence-electron chi connectivity index (χ4n) is 3.63. The lowest BCUT2D eigenvalue weighted by Gasteiger charge is -1.93. The molecule has 0 aromatic carbocycles. The summed E-state index contributed by atoms with van der Waals surface area (Å²) >= 11 is 9.54. The fourth-order valence-corrected chi connectivity index (χ4v) is 4.04. The lowest BCUT2D eigenvalue weighted by Crippen LogP contribution is -2.23. The molecule has 0 aliphatic carbocycles. The maximum absolute atomic E-state index is 10.9. The van der Waals surface area contributed by atoms with Crippen LogP contribution in [0.5, 0.6) is 0 Å². The van der Waals surface area contributed by atoms with Crippen LogP contribution in [0, 0.1) is 33.0 Å². The summed E-state index contributed by atoms with van der Waals surface area (Å²) in [5, 5.41) is 2.92. The predicted molar refractivity (Wildman–Crippen MR) is 220 cm³/mol.